The average Bonchev–Trinajstić information content (AvgIpc) is 4.03. The highest BCUT2D eigenvalue weighted by molar-refractivity contribution is 7.26. The van der Waals surface area contributed by atoms with Crippen LogP contribution in [0.2, 0.25) is 0 Å². The molecule has 0 radical (unpaired) electrons. The molecule has 294 valence electrons. The number of hydrogen-bond donors (Lipinski definition) is 0. The van der Waals surface area contributed by atoms with E-state index in [1.165, 1.54) is 47.7 Å². The molecule has 0 unspecified atom stereocenters. The second-order valence-corrected chi connectivity index (χ2v) is 17.0. The van der Waals surface area contributed by atoms with Gasteiger partial charge in [-0.05, 0) is 71.3 Å². The third kappa shape index (κ3) is 5.80. The van der Waals surface area contributed by atoms with Crippen LogP contribution in [0.15, 0.2) is 211 Å². The van der Waals surface area contributed by atoms with Crippen molar-refractivity contribution in [2.45, 2.75) is 0 Å². The first kappa shape index (κ1) is 35.6. The van der Waals surface area contributed by atoms with Crippen LogP contribution in [0.3, 0.4) is 0 Å². The first-order valence-electron chi connectivity index (χ1n) is 21.1. The fourth-order valence-corrected chi connectivity index (χ4v) is 10.5. The van der Waals surface area contributed by atoms with Crippen molar-refractivity contribution in [1.29, 1.82) is 0 Å². The fourth-order valence-electron chi connectivity index (χ4n) is 9.32. The van der Waals surface area contributed by atoms with Gasteiger partial charge < -0.3 is 8.98 Å². The minimum atomic E-state index is 0.590. The van der Waals surface area contributed by atoms with Crippen molar-refractivity contribution in [3.8, 4) is 62.1 Å². The maximum absolute atomic E-state index is 6.66. The zero-order chi connectivity index (χ0) is 41.4. The van der Waals surface area contributed by atoms with Gasteiger partial charge in [0.2, 0.25) is 0 Å². The largest absolute Gasteiger partial charge is 0.455 e. The predicted molar refractivity (Wildman–Crippen MR) is 262 cm³/mol. The van der Waals surface area contributed by atoms with E-state index in [9.17, 15) is 0 Å². The highest BCUT2D eigenvalue weighted by atomic mass is 32.1. The Balaban J connectivity index is 0.940. The third-order valence-electron chi connectivity index (χ3n) is 12.3. The van der Waals surface area contributed by atoms with Gasteiger partial charge in [0, 0.05) is 69.7 Å². The van der Waals surface area contributed by atoms with Crippen molar-refractivity contribution in [3.05, 3.63) is 206 Å². The summed E-state index contributed by atoms with van der Waals surface area (Å²) in [6.07, 6.45) is 0. The lowest BCUT2D eigenvalue weighted by atomic mass is 10.00. The monoisotopic (exact) mass is 822 g/mol. The van der Waals surface area contributed by atoms with Crippen LogP contribution >= 0.6 is 11.3 Å². The van der Waals surface area contributed by atoms with Crippen molar-refractivity contribution < 1.29 is 4.42 Å². The predicted octanol–water partition coefficient (Wildman–Crippen LogP) is 15.6. The zero-order valence-electron chi connectivity index (χ0n) is 33.7. The normalized spacial score (nSPS) is 11.8. The van der Waals surface area contributed by atoms with Gasteiger partial charge in [0.25, 0.3) is 0 Å². The van der Waals surface area contributed by atoms with Gasteiger partial charge in [0.1, 0.15) is 11.2 Å². The van der Waals surface area contributed by atoms with Crippen molar-refractivity contribution >= 4 is 75.3 Å². The maximum Gasteiger partial charge on any atom is 0.164 e. The van der Waals surface area contributed by atoms with E-state index in [1.807, 2.05) is 24.3 Å². The smallest absolute Gasteiger partial charge is 0.164 e. The number of fused-ring (bicyclic) bond motifs is 9. The van der Waals surface area contributed by atoms with Crippen LogP contribution in [0, 0.1) is 0 Å². The van der Waals surface area contributed by atoms with Gasteiger partial charge in [-0.15, -0.1) is 11.3 Å². The molecule has 0 N–H and O–H groups in total. The van der Waals surface area contributed by atoms with E-state index in [-0.39, 0.29) is 0 Å². The van der Waals surface area contributed by atoms with Gasteiger partial charge >= 0.3 is 0 Å². The van der Waals surface area contributed by atoms with Crippen LogP contribution in [0.4, 0.5) is 0 Å². The van der Waals surface area contributed by atoms with Gasteiger partial charge in [-0.1, -0.05) is 152 Å². The second-order valence-electron chi connectivity index (χ2n) is 15.9. The Hall–Kier alpha value is -8.19. The van der Waals surface area contributed by atoms with E-state index < -0.39 is 0 Å². The van der Waals surface area contributed by atoms with E-state index in [2.05, 4.69) is 187 Å². The maximum atomic E-state index is 6.66. The second kappa shape index (κ2) is 14.2. The highest BCUT2D eigenvalue weighted by Crippen LogP contribution is 2.43. The van der Waals surface area contributed by atoms with Crippen molar-refractivity contribution in [2.75, 3.05) is 0 Å². The lowest BCUT2D eigenvalue weighted by Gasteiger charge is -2.10. The lowest BCUT2D eigenvalue weighted by Crippen LogP contribution is -2.00. The molecule has 13 aromatic rings. The molecule has 6 heteroatoms. The minimum Gasteiger partial charge on any atom is -0.455 e. The summed E-state index contributed by atoms with van der Waals surface area (Å²) in [5.74, 6) is 1.84. The van der Waals surface area contributed by atoms with Crippen LogP contribution in [-0.2, 0) is 0 Å². The number of rotatable bonds is 6. The molecule has 0 aliphatic heterocycles. The number of nitrogens with zero attached hydrogens (tertiary/aromatic N) is 4. The molecule has 4 aromatic heterocycles. The molecule has 5 nitrogen and oxygen atoms in total. The quantitative estimate of drug-likeness (QED) is 0.168. The summed E-state index contributed by atoms with van der Waals surface area (Å²) in [6.45, 7) is 0. The molecule has 0 saturated heterocycles. The number of hydrogen-bond acceptors (Lipinski definition) is 5. The number of benzene rings is 9. The Morgan fingerprint density at radius 2 is 0.984 bits per heavy atom. The Kier molecular flexibility index (Phi) is 8.01. The summed E-state index contributed by atoms with van der Waals surface area (Å²) in [4.78, 5) is 15.5. The van der Waals surface area contributed by atoms with Crippen LogP contribution in [-0.4, -0.2) is 19.5 Å². The molecule has 0 bridgehead atoms. The first-order valence-corrected chi connectivity index (χ1v) is 21.9. The summed E-state index contributed by atoms with van der Waals surface area (Å²) in [6, 6.07) is 72.6. The van der Waals surface area contributed by atoms with Gasteiger partial charge in [0.05, 0.1) is 11.0 Å². The number of furan rings is 1. The SMILES string of the molecule is c1ccc(-c2nc(-c3ccc4c(c3)oc3c(-c5ccccc5)cccc34)nc(-c3cccc4sc5cc(-c6ccc7c(c6)c6ccccc6n7-c6ccccc6)ccc5c34)n2)cc1. The van der Waals surface area contributed by atoms with Gasteiger partial charge in [-0.25, -0.2) is 15.0 Å². The van der Waals surface area contributed by atoms with Gasteiger partial charge in [-0.3, -0.25) is 0 Å². The standard InChI is InChI=1S/C57H34N4OS/c1-4-14-35(15-5-1)41-21-12-22-44-43-29-27-39(33-50(43)62-54(41)44)56-58-55(36-16-6-2-7-17-36)59-57(60-56)46-23-13-25-51-53(46)45-30-26-38(34-52(45)63-51)37-28-31-49-47(32-37)42-20-10-11-24-48(42)61(49)40-18-8-3-9-19-40/h1-34H. The first-order chi connectivity index (χ1) is 31.2. The molecule has 0 saturated carbocycles. The number of aromatic nitrogens is 4. The van der Waals surface area contributed by atoms with Crippen LogP contribution in [0.25, 0.3) is 126 Å². The molecule has 0 aliphatic carbocycles. The molecular weight excluding hydrogens is 789 g/mol. The van der Waals surface area contributed by atoms with Crippen molar-refractivity contribution in [1.82, 2.24) is 19.5 Å². The topological polar surface area (TPSA) is 56.7 Å². The molecule has 0 atom stereocenters. The molecule has 63 heavy (non-hydrogen) atoms. The molecule has 0 amide bonds. The third-order valence-corrected chi connectivity index (χ3v) is 13.4. The zero-order valence-corrected chi connectivity index (χ0v) is 34.6. The molecule has 9 aromatic carbocycles. The number of thiophene rings is 1. The molecule has 0 spiro atoms. The van der Waals surface area contributed by atoms with Crippen LogP contribution in [0.5, 0.6) is 0 Å². The summed E-state index contributed by atoms with van der Waals surface area (Å²) in [5, 5.41) is 6.93. The van der Waals surface area contributed by atoms with Crippen LogP contribution in [0.1, 0.15) is 0 Å². The van der Waals surface area contributed by atoms with E-state index >= 15 is 0 Å². The van der Waals surface area contributed by atoms with E-state index in [0.717, 1.165) is 60.8 Å². The Bertz CT molecular complexity index is 3910. The summed E-state index contributed by atoms with van der Waals surface area (Å²) in [7, 11) is 0. The van der Waals surface area contributed by atoms with E-state index in [1.54, 1.807) is 11.3 Å². The van der Waals surface area contributed by atoms with Crippen LogP contribution < -0.4 is 0 Å². The lowest BCUT2D eigenvalue weighted by molar-refractivity contribution is 0.670. The van der Waals surface area contributed by atoms with Crippen molar-refractivity contribution in [2.24, 2.45) is 0 Å². The molecule has 0 fully saturated rings. The molecule has 0 aliphatic rings. The Labute approximate surface area is 365 Å². The van der Waals surface area contributed by atoms with E-state index in [4.69, 9.17) is 19.4 Å². The molecule has 4 heterocycles. The molecule has 13 rings (SSSR count). The van der Waals surface area contributed by atoms with E-state index in [0.29, 0.717) is 17.5 Å². The average molecular weight is 823 g/mol. The number of para-hydroxylation sites is 3. The fraction of sp³-hybridized carbons (Fsp3) is 0. The van der Waals surface area contributed by atoms with Gasteiger partial charge in [0.15, 0.2) is 17.5 Å². The highest BCUT2D eigenvalue weighted by Gasteiger charge is 2.20. The Morgan fingerprint density at radius 3 is 1.83 bits per heavy atom. The summed E-state index contributed by atoms with van der Waals surface area (Å²) >= 11 is 1.80. The van der Waals surface area contributed by atoms with Gasteiger partial charge in [-0.2, -0.15) is 0 Å². The minimum absolute atomic E-state index is 0.590. The molecular formula is C57H34N4OS. The van der Waals surface area contributed by atoms with Crippen molar-refractivity contribution in [3.63, 3.8) is 0 Å². The summed E-state index contributed by atoms with van der Waals surface area (Å²) in [5.41, 5.74) is 12.5. The Morgan fingerprint density at radius 1 is 0.365 bits per heavy atom. The summed E-state index contributed by atoms with van der Waals surface area (Å²) < 4.78 is 11.4.